The Kier molecular flexibility index (Phi) is 8.63. The van der Waals surface area contributed by atoms with E-state index in [0.29, 0.717) is 0 Å². The predicted octanol–water partition coefficient (Wildman–Crippen LogP) is -4.93. The number of H-pyrrole nitrogens is 1. The van der Waals surface area contributed by atoms with E-state index in [0.717, 1.165) is 9.47 Å². The van der Waals surface area contributed by atoms with Gasteiger partial charge >= 0.3 is 11.7 Å². The summed E-state index contributed by atoms with van der Waals surface area (Å²) in [6.45, 7) is 2.29. The van der Waals surface area contributed by atoms with E-state index in [-0.39, 0.29) is 18.0 Å². The van der Waals surface area contributed by atoms with Crippen LogP contribution in [-0.4, -0.2) is 120 Å². The Bertz CT molecular complexity index is 1080. The number of nitrogens with zero attached hydrogens (tertiary/aromatic N) is 2. The van der Waals surface area contributed by atoms with Gasteiger partial charge in [0.15, 0.2) is 12.5 Å². The summed E-state index contributed by atoms with van der Waals surface area (Å²) in [5.41, 5.74) is -1.00. The van der Waals surface area contributed by atoms with Crippen molar-refractivity contribution < 1.29 is 49.7 Å². The normalized spacial score (nSPS) is 36.4. The van der Waals surface area contributed by atoms with E-state index in [1.807, 2.05) is 0 Å². The molecule has 0 saturated carbocycles. The van der Waals surface area contributed by atoms with Crippen LogP contribution in [0.4, 0.5) is 4.79 Å². The molecule has 0 aromatic carbocycles. The van der Waals surface area contributed by atoms with Gasteiger partial charge in [-0.2, -0.15) is 0 Å². The van der Waals surface area contributed by atoms with E-state index in [1.54, 1.807) is 6.92 Å². The zero-order chi connectivity index (χ0) is 26.9. The van der Waals surface area contributed by atoms with E-state index in [9.17, 15) is 39.6 Å². The zero-order valence-electron chi connectivity index (χ0n) is 19.4. The van der Waals surface area contributed by atoms with Gasteiger partial charge in [0.25, 0.3) is 5.56 Å². The lowest BCUT2D eigenvalue weighted by Gasteiger charge is -2.35. The first-order chi connectivity index (χ1) is 16.9. The molecule has 16 heteroatoms. The largest absolute Gasteiger partial charge is 0.394 e. The minimum absolute atomic E-state index is 0.0945. The van der Waals surface area contributed by atoms with Crippen molar-refractivity contribution in [3.8, 4) is 0 Å². The summed E-state index contributed by atoms with van der Waals surface area (Å²) in [6.07, 6.45) is -8.09. The average molecular weight is 518 g/mol. The first-order valence-electron chi connectivity index (χ1n) is 11.1. The van der Waals surface area contributed by atoms with Crippen LogP contribution in [0.5, 0.6) is 0 Å². The highest BCUT2D eigenvalue weighted by Crippen LogP contribution is 2.28. The highest BCUT2D eigenvalue weighted by molar-refractivity contribution is 5.97. The molecule has 4 rings (SSSR count). The molecule has 9 atom stereocenters. The first-order valence-corrected chi connectivity index (χ1v) is 11.1. The summed E-state index contributed by atoms with van der Waals surface area (Å²) >= 11 is 0. The highest BCUT2D eigenvalue weighted by atomic mass is 16.6. The number of imide groups is 1. The molecule has 0 aliphatic carbocycles. The van der Waals surface area contributed by atoms with Crippen LogP contribution in [0.3, 0.4) is 0 Å². The number of urea groups is 1. The van der Waals surface area contributed by atoms with Crippen LogP contribution in [0.2, 0.25) is 0 Å². The number of carbonyl (C=O) groups is 2. The third kappa shape index (κ3) is 5.35. The number of aromatic nitrogens is 2. The summed E-state index contributed by atoms with van der Waals surface area (Å²) in [7, 11) is 0. The molecule has 4 heterocycles. The summed E-state index contributed by atoms with van der Waals surface area (Å²) < 4.78 is 11.4. The maximum Gasteiger partial charge on any atom is 0.330 e. The van der Waals surface area contributed by atoms with Gasteiger partial charge in [-0.15, -0.1) is 0 Å². The van der Waals surface area contributed by atoms with Crippen LogP contribution >= 0.6 is 0 Å². The molecule has 202 valence electrons. The molecular formula is C20H30N4O12. The van der Waals surface area contributed by atoms with Gasteiger partial charge in [-0.25, -0.2) is 9.59 Å². The monoisotopic (exact) mass is 518 g/mol. The smallest absolute Gasteiger partial charge is 0.330 e. The lowest BCUT2D eigenvalue weighted by molar-refractivity contribution is -0.130. The number of hydrogen-bond donors (Lipinski definition) is 8. The summed E-state index contributed by atoms with van der Waals surface area (Å²) in [4.78, 5) is 49.0. The summed E-state index contributed by atoms with van der Waals surface area (Å²) in [6, 6.07) is -0.673. The molecule has 0 bridgehead atoms. The summed E-state index contributed by atoms with van der Waals surface area (Å²) in [5, 5.41) is 58.8. The Morgan fingerprint density at radius 2 is 1.44 bits per heavy atom. The number of aryl methyl sites for hydroxylation is 1. The Labute approximate surface area is 203 Å². The molecule has 0 spiro atoms. The maximum absolute atomic E-state index is 11.6. The van der Waals surface area contributed by atoms with Crippen molar-refractivity contribution in [2.24, 2.45) is 5.92 Å². The molecule has 3 unspecified atom stereocenters. The molecule has 1 aromatic rings. The first kappa shape index (κ1) is 27.9. The molecule has 3 saturated heterocycles. The average Bonchev–Trinajstić information content (AvgIpc) is 3.29. The summed E-state index contributed by atoms with van der Waals surface area (Å²) in [5.74, 6) is -0.813. The second-order valence-corrected chi connectivity index (χ2v) is 8.78. The van der Waals surface area contributed by atoms with Gasteiger partial charge in [0.1, 0.15) is 36.6 Å². The number of ether oxygens (including phenoxy) is 2. The number of rotatable bonds is 4. The van der Waals surface area contributed by atoms with Crippen LogP contribution in [0.15, 0.2) is 15.8 Å². The molecule has 1 aromatic heterocycles. The fraction of sp³-hybridized carbons (Fsp3) is 0.700. The van der Waals surface area contributed by atoms with Crippen molar-refractivity contribution in [1.82, 2.24) is 19.8 Å². The van der Waals surface area contributed by atoms with E-state index < -0.39 is 85.5 Å². The second-order valence-electron chi connectivity index (χ2n) is 8.78. The van der Waals surface area contributed by atoms with Gasteiger partial charge in [0.05, 0.1) is 19.1 Å². The van der Waals surface area contributed by atoms with Crippen molar-refractivity contribution in [3.05, 3.63) is 32.6 Å². The molecular weight excluding hydrogens is 488 g/mol. The molecule has 3 amide bonds. The maximum atomic E-state index is 11.6. The lowest BCUT2D eigenvalue weighted by atomic mass is 10.1. The second kappa shape index (κ2) is 11.1. The number of nitrogens with one attached hydrogen (secondary N) is 2. The fourth-order valence-electron chi connectivity index (χ4n) is 4.00. The van der Waals surface area contributed by atoms with E-state index in [4.69, 9.17) is 19.7 Å². The van der Waals surface area contributed by atoms with Gasteiger partial charge in [-0.05, 0) is 6.92 Å². The minimum atomic E-state index is -1.36. The molecule has 3 aliphatic heterocycles. The van der Waals surface area contributed by atoms with Crippen molar-refractivity contribution in [1.29, 1.82) is 0 Å². The third-order valence-corrected chi connectivity index (χ3v) is 6.17. The predicted molar refractivity (Wildman–Crippen MR) is 116 cm³/mol. The van der Waals surface area contributed by atoms with Crippen LogP contribution < -0.4 is 16.6 Å². The van der Waals surface area contributed by atoms with Crippen LogP contribution in [0.25, 0.3) is 0 Å². The van der Waals surface area contributed by atoms with Crippen LogP contribution in [0.1, 0.15) is 18.7 Å². The van der Waals surface area contributed by atoms with Crippen molar-refractivity contribution in [2.45, 2.75) is 62.9 Å². The SMILES string of the molecule is CC1CN([C@@H]2O[C@H](CO)C(O)[C@@H]2O)C(=O)NC1=O.Cc1cn([C@@H]2O[C@H](CO)C(O)[C@@H]2O)c(=O)[nH]c1=O. The van der Waals surface area contributed by atoms with Gasteiger partial charge in [-0.3, -0.25) is 29.4 Å². The topological polar surface area (TPSA) is 244 Å². The van der Waals surface area contributed by atoms with Crippen molar-refractivity contribution in [2.75, 3.05) is 19.8 Å². The lowest BCUT2D eigenvalue weighted by Crippen LogP contribution is -2.59. The fourth-order valence-corrected chi connectivity index (χ4v) is 4.00. The van der Waals surface area contributed by atoms with Gasteiger partial charge in [-0.1, -0.05) is 6.92 Å². The Balaban J connectivity index is 0.000000201. The van der Waals surface area contributed by atoms with Crippen molar-refractivity contribution >= 4 is 11.9 Å². The Hall–Kier alpha value is -2.70. The standard InChI is InChI=1S/C10H16N2O6.C10H14N2O6/c2*1-4-2-12(10(17)11-8(4)16)9-7(15)6(14)5(3-13)18-9/h4-7,9,13-15H,2-3H2,1H3,(H,11,16,17);2,5-7,9,13-15H,3H2,1H3,(H,11,16,17)/t4?,5-,6?,7+,9-;5-,6?,7+,9-/m11/s1. The molecule has 16 nitrogen and oxygen atoms in total. The Morgan fingerprint density at radius 3 is 1.97 bits per heavy atom. The zero-order valence-corrected chi connectivity index (χ0v) is 19.4. The van der Waals surface area contributed by atoms with E-state index in [2.05, 4.69) is 10.3 Å². The van der Waals surface area contributed by atoms with Gasteiger partial charge < -0.3 is 40.1 Å². The highest BCUT2D eigenvalue weighted by Gasteiger charge is 2.48. The molecule has 36 heavy (non-hydrogen) atoms. The van der Waals surface area contributed by atoms with E-state index in [1.165, 1.54) is 13.1 Å². The molecule has 3 aliphatic rings. The quantitative estimate of drug-likeness (QED) is 0.187. The van der Waals surface area contributed by atoms with E-state index >= 15 is 0 Å². The number of amides is 3. The third-order valence-electron chi connectivity index (χ3n) is 6.17. The number of hydrogen-bond acceptors (Lipinski definition) is 12. The molecule has 3 fully saturated rings. The van der Waals surface area contributed by atoms with Crippen molar-refractivity contribution in [3.63, 3.8) is 0 Å². The Morgan fingerprint density at radius 1 is 0.917 bits per heavy atom. The number of aromatic amines is 1. The number of aliphatic hydroxyl groups excluding tert-OH is 6. The number of carbonyl (C=O) groups excluding carboxylic acids is 2. The van der Waals surface area contributed by atoms with Gasteiger partial charge in [0.2, 0.25) is 5.91 Å². The minimum Gasteiger partial charge on any atom is -0.394 e. The molecule has 0 radical (unpaired) electrons. The van der Waals surface area contributed by atoms with Crippen LogP contribution in [-0.2, 0) is 14.3 Å². The van der Waals surface area contributed by atoms with Gasteiger partial charge in [0, 0.05) is 18.3 Å². The number of aliphatic hydroxyl groups is 6. The van der Waals surface area contributed by atoms with Crippen LogP contribution in [0, 0.1) is 12.8 Å². The molecule has 8 N–H and O–H groups in total.